The first-order chi connectivity index (χ1) is 13.2. The predicted octanol–water partition coefficient (Wildman–Crippen LogP) is 6.49. The summed E-state index contributed by atoms with van der Waals surface area (Å²) in [5.74, 6) is 2.11. The van der Waals surface area contributed by atoms with Crippen LogP contribution in [-0.2, 0) is 17.4 Å². The largest absolute Gasteiger partial charge is 0.494 e. The Bertz CT molecular complexity index is 908. The molecule has 0 fully saturated rings. The van der Waals surface area contributed by atoms with Gasteiger partial charge in [-0.1, -0.05) is 65.8 Å². The van der Waals surface area contributed by atoms with Gasteiger partial charge in [0.1, 0.15) is 11.6 Å². The van der Waals surface area contributed by atoms with Crippen LogP contribution < -0.4 is 4.74 Å². The molecule has 3 aromatic rings. The van der Waals surface area contributed by atoms with Gasteiger partial charge in [-0.15, -0.1) is 0 Å². The summed E-state index contributed by atoms with van der Waals surface area (Å²) in [5.41, 5.74) is 3.86. The first-order valence-electron chi connectivity index (χ1n) is 10.4. The van der Waals surface area contributed by atoms with Crippen LogP contribution in [0.4, 0.5) is 0 Å². The van der Waals surface area contributed by atoms with E-state index in [0.717, 1.165) is 43.1 Å². The van der Waals surface area contributed by atoms with Crippen LogP contribution >= 0.6 is 0 Å². The Morgan fingerprint density at radius 3 is 2.14 bits per heavy atom. The molecule has 3 nitrogen and oxygen atoms in total. The Morgan fingerprint density at radius 1 is 0.821 bits per heavy atom. The van der Waals surface area contributed by atoms with Gasteiger partial charge in [0.25, 0.3) is 0 Å². The minimum absolute atomic E-state index is 0.0321. The van der Waals surface area contributed by atoms with Crippen LogP contribution in [0, 0.1) is 0 Å². The van der Waals surface area contributed by atoms with E-state index >= 15 is 0 Å². The van der Waals surface area contributed by atoms with E-state index in [4.69, 9.17) is 9.72 Å². The average Bonchev–Trinajstić information content (AvgIpc) is 3.00. The zero-order valence-corrected chi connectivity index (χ0v) is 18.2. The molecule has 28 heavy (non-hydrogen) atoms. The summed E-state index contributed by atoms with van der Waals surface area (Å²) in [6.45, 7) is 15.1. The number of benzene rings is 2. The smallest absolute Gasteiger partial charge is 0.119 e. The molecule has 0 saturated heterocycles. The number of rotatable bonds is 6. The fourth-order valence-electron chi connectivity index (χ4n) is 3.49. The monoisotopic (exact) mass is 378 g/mol. The molecule has 0 aliphatic heterocycles. The van der Waals surface area contributed by atoms with E-state index in [1.807, 2.05) is 0 Å². The molecule has 0 unspecified atom stereocenters. The Hall–Kier alpha value is -2.29. The van der Waals surface area contributed by atoms with E-state index in [1.165, 1.54) is 11.1 Å². The molecule has 0 aliphatic rings. The zero-order valence-electron chi connectivity index (χ0n) is 18.2. The van der Waals surface area contributed by atoms with Crippen LogP contribution in [0.15, 0.2) is 48.5 Å². The Balaban J connectivity index is 1.57. The van der Waals surface area contributed by atoms with Gasteiger partial charge in [-0.3, -0.25) is 0 Å². The van der Waals surface area contributed by atoms with Crippen molar-refractivity contribution in [1.29, 1.82) is 0 Å². The Kier molecular flexibility index (Phi) is 5.83. The van der Waals surface area contributed by atoms with Crippen molar-refractivity contribution in [3.63, 3.8) is 0 Å². The fraction of sp³-hybridized carbons (Fsp3) is 0.480. The summed E-state index contributed by atoms with van der Waals surface area (Å²) < 4.78 is 8.34. The van der Waals surface area contributed by atoms with Crippen molar-refractivity contribution in [2.24, 2.45) is 0 Å². The summed E-state index contributed by atoms with van der Waals surface area (Å²) >= 11 is 0. The third-order valence-corrected chi connectivity index (χ3v) is 5.09. The summed E-state index contributed by atoms with van der Waals surface area (Å²) in [6.07, 6.45) is 2.10. The van der Waals surface area contributed by atoms with Crippen LogP contribution in [0.25, 0.3) is 11.0 Å². The maximum Gasteiger partial charge on any atom is 0.119 e. The molecule has 0 saturated carbocycles. The lowest BCUT2D eigenvalue weighted by Gasteiger charge is -2.20. The van der Waals surface area contributed by atoms with E-state index in [2.05, 4.69) is 94.6 Å². The van der Waals surface area contributed by atoms with Crippen molar-refractivity contribution < 1.29 is 4.74 Å². The number of hydrogen-bond acceptors (Lipinski definition) is 2. The van der Waals surface area contributed by atoms with Crippen LogP contribution in [0.3, 0.4) is 0 Å². The molecule has 0 amide bonds. The average molecular weight is 379 g/mol. The van der Waals surface area contributed by atoms with Crippen LogP contribution in [0.2, 0.25) is 0 Å². The van der Waals surface area contributed by atoms with E-state index in [0.29, 0.717) is 0 Å². The molecule has 0 N–H and O–H groups in total. The SMILES string of the molecule is CC(C)(C)c1ccc(OCCCCn2c(C(C)(C)C)nc3ccccc32)cc1. The van der Waals surface area contributed by atoms with Gasteiger partial charge in [0.15, 0.2) is 0 Å². The molecule has 1 aromatic heterocycles. The molecule has 2 aromatic carbocycles. The number of ether oxygens (including phenoxy) is 1. The van der Waals surface area contributed by atoms with Crippen LogP contribution in [0.1, 0.15) is 65.8 Å². The summed E-state index contributed by atoms with van der Waals surface area (Å²) in [4.78, 5) is 4.89. The third-order valence-electron chi connectivity index (χ3n) is 5.09. The van der Waals surface area contributed by atoms with E-state index in [9.17, 15) is 0 Å². The Morgan fingerprint density at radius 2 is 1.50 bits per heavy atom. The molecule has 0 radical (unpaired) electrons. The van der Waals surface area contributed by atoms with Gasteiger partial charge in [-0.25, -0.2) is 4.98 Å². The molecule has 3 heteroatoms. The van der Waals surface area contributed by atoms with E-state index < -0.39 is 0 Å². The topological polar surface area (TPSA) is 27.1 Å². The van der Waals surface area contributed by atoms with Crippen molar-refractivity contribution in [3.8, 4) is 5.75 Å². The number of nitrogens with zero attached hydrogens (tertiary/aromatic N) is 2. The van der Waals surface area contributed by atoms with Gasteiger partial charge < -0.3 is 9.30 Å². The number of hydrogen-bond donors (Lipinski definition) is 0. The van der Waals surface area contributed by atoms with Crippen molar-refractivity contribution in [1.82, 2.24) is 9.55 Å². The number of para-hydroxylation sites is 2. The molecule has 0 atom stereocenters. The Labute approximate surface area is 169 Å². The lowest BCUT2D eigenvalue weighted by Crippen LogP contribution is -2.19. The maximum absolute atomic E-state index is 5.95. The van der Waals surface area contributed by atoms with E-state index in [1.54, 1.807) is 0 Å². The second-order valence-corrected chi connectivity index (χ2v) is 9.66. The fourth-order valence-corrected chi connectivity index (χ4v) is 3.49. The standard InChI is InChI=1S/C25H34N2O/c1-24(2,3)19-13-15-20(16-14-19)28-18-10-9-17-27-22-12-8-7-11-21(22)26-23(27)25(4,5)6/h7-8,11-16H,9-10,17-18H2,1-6H3. The molecule has 0 spiro atoms. The van der Waals surface area contributed by atoms with Crippen molar-refractivity contribution in [3.05, 3.63) is 59.9 Å². The summed E-state index contributed by atoms with van der Waals surface area (Å²) in [6, 6.07) is 16.9. The highest BCUT2D eigenvalue weighted by Crippen LogP contribution is 2.27. The third kappa shape index (κ3) is 4.76. The van der Waals surface area contributed by atoms with Crippen LogP contribution in [-0.4, -0.2) is 16.2 Å². The number of imidazole rings is 1. The highest BCUT2D eigenvalue weighted by atomic mass is 16.5. The zero-order chi connectivity index (χ0) is 20.4. The predicted molar refractivity (Wildman–Crippen MR) is 118 cm³/mol. The second-order valence-electron chi connectivity index (χ2n) is 9.66. The quantitative estimate of drug-likeness (QED) is 0.458. The molecule has 3 rings (SSSR count). The van der Waals surface area contributed by atoms with Gasteiger partial charge >= 0.3 is 0 Å². The number of fused-ring (bicyclic) bond motifs is 1. The van der Waals surface area contributed by atoms with Crippen molar-refractivity contribution in [2.45, 2.75) is 71.8 Å². The first-order valence-corrected chi connectivity index (χ1v) is 10.4. The van der Waals surface area contributed by atoms with Crippen molar-refractivity contribution in [2.75, 3.05) is 6.61 Å². The lowest BCUT2D eigenvalue weighted by atomic mass is 9.87. The van der Waals surface area contributed by atoms with Gasteiger partial charge in [0.2, 0.25) is 0 Å². The number of unbranched alkanes of at least 4 members (excludes halogenated alkanes) is 1. The minimum atomic E-state index is 0.0321. The molecule has 0 bridgehead atoms. The molecule has 0 aliphatic carbocycles. The maximum atomic E-state index is 5.95. The number of aryl methyl sites for hydroxylation is 1. The molecule has 1 heterocycles. The molecular weight excluding hydrogens is 344 g/mol. The second kappa shape index (κ2) is 7.98. The summed E-state index contributed by atoms with van der Waals surface area (Å²) in [7, 11) is 0. The normalized spacial score (nSPS) is 12.5. The number of aromatic nitrogens is 2. The van der Waals surface area contributed by atoms with Gasteiger partial charge in [0, 0.05) is 12.0 Å². The van der Waals surface area contributed by atoms with Gasteiger partial charge in [-0.2, -0.15) is 0 Å². The highest BCUT2D eigenvalue weighted by Gasteiger charge is 2.22. The van der Waals surface area contributed by atoms with Gasteiger partial charge in [0.05, 0.1) is 17.6 Å². The van der Waals surface area contributed by atoms with Crippen LogP contribution in [0.5, 0.6) is 5.75 Å². The first kappa shape index (κ1) is 20.4. The van der Waals surface area contributed by atoms with E-state index in [-0.39, 0.29) is 10.8 Å². The molecule has 150 valence electrons. The highest BCUT2D eigenvalue weighted by molar-refractivity contribution is 5.76. The van der Waals surface area contributed by atoms with Crippen molar-refractivity contribution >= 4 is 11.0 Å². The lowest BCUT2D eigenvalue weighted by molar-refractivity contribution is 0.302. The van der Waals surface area contributed by atoms with Gasteiger partial charge in [-0.05, 0) is 48.1 Å². The molecular formula is C25H34N2O. The minimum Gasteiger partial charge on any atom is -0.494 e. The summed E-state index contributed by atoms with van der Waals surface area (Å²) in [5, 5.41) is 0.